The fourth-order valence-corrected chi connectivity index (χ4v) is 2.91. The third-order valence-electron chi connectivity index (χ3n) is 3.08. The Bertz CT molecular complexity index is 990. The SMILES string of the molecule is O=c1c(OS(=O)(=O)C(F)(F)F)c(OS(=O)(=O)C(F)(F)F)cc2n1CCC2. The number of aryl methyl sites for hydroxylation is 1. The Morgan fingerprint density at radius 3 is 1.92 bits per heavy atom. The first-order valence-corrected chi connectivity index (χ1v) is 9.17. The molecule has 26 heavy (non-hydrogen) atoms. The molecule has 2 rings (SSSR count). The van der Waals surface area contributed by atoms with Crippen molar-refractivity contribution in [3.8, 4) is 11.5 Å². The van der Waals surface area contributed by atoms with Gasteiger partial charge in [-0.3, -0.25) is 4.79 Å². The average molecular weight is 431 g/mol. The lowest BCUT2D eigenvalue weighted by Crippen LogP contribution is -2.33. The zero-order valence-electron chi connectivity index (χ0n) is 12.1. The summed E-state index contributed by atoms with van der Waals surface area (Å²) in [5.41, 5.74) is -13.7. The third-order valence-corrected chi connectivity index (χ3v) is 5.00. The van der Waals surface area contributed by atoms with Crippen LogP contribution in [-0.2, 0) is 33.2 Å². The molecule has 8 nitrogen and oxygen atoms in total. The minimum absolute atomic E-state index is 0.0595. The quantitative estimate of drug-likeness (QED) is 0.401. The number of aromatic nitrogens is 1. The summed E-state index contributed by atoms with van der Waals surface area (Å²) in [7, 11) is -12.9. The van der Waals surface area contributed by atoms with Gasteiger partial charge in [0.25, 0.3) is 11.3 Å². The van der Waals surface area contributed by atoms with Crippen LogP contribution < -0.4 is 13.9 Å². The van der Waals surface area contributed by atoms with E-state index in [2.05, 4.69) is 8.37 Å². The third kappa shape index (κ3) is 3.60. The lowest BCUT2D eigenvalue weighted by atomic mass is 10.2. The molecule has 0 unspecified atom stereocenters. The molecule has 148 valence electrons. The summed E-state index contributed by atoms with van der Waals surface area (Å²) in [5, 5.41) is 0. The van der Waals surface area contributed by atoms with Crippen LogP contribution in [0.3, 0.4) is 0 Å². The highest BCUT2D eigenvalue weighted by molar-refractivity contribution is 7.88. The molecule has 0 radical (unpaired) electrons. The number of pyridine rings is 1. The molecule has 2 heterocycles. The molecule has 1 aromatic rings. The Labute approximate surface area is 141 Å². The minimum atomic E-state index is -6.47. The topological polar surface area (TPSA) is 109 Å². The highest BCUT2D eigenvalue weighted by Crippen LogP contribution is 2.35. The van der Waals surface area contributed by atoms with Crippen molar-refractivity contribution in [2.75, 3.05) is 0 Å². The molecule has 0 saturated heterocycles. The van der Waals surface area contributed by atoms with Crippen molar-refractivity contribution in [2.45, 2.75) is 30.4 Å². The summed E-state index contributed by atoms with van der Waals surface area (Å²) >= 11 is 0. The minimum Gasteiger partial charge on any atom is -0.372 e. The largest absolute Gasteiger partial charge is 0.534 e. The smallest absolute Gasteiger partial charge is 0.372 e. The number of rotatable bonds is 4. The van der Waals surface area contributed by atoms with Crippen molar-refractivity contribution >= 4 is 20.2 Å². The summed E-state index contributed by atoms with van der Waals surface area (Å²) < 4.78 is 127. The van der Waals surface area contributed by atoms with Crippen LogP contribution in [0.1, 0.15) is 12.1 Å². The van der Waals surface area contributed by atoms with Crippen LogP contribution >= 0.6 is 0 Å². The Kier molecular flexibility index (Phi) is 4.72. The van der Waals surface area contributed by atoms with E-state index in [1.807, 2.05) is 0 Å². The van der Waals surface area contributed by atoms with Crippen molar-refractivity contribution in [3.05, 3.63) is 22.1 Å². The van der Waals surface area contributed by atoms with Crippen LogP contribution in [0.25, 0.3) is 0 Å². The van der Waals surface area contributed by atoms with Crippen molar-refractivity contribution in [2.24, 2.45) is 0 Å². The molecule has 0 aromatic carbocycles. The fraction of sp³-hybridized carbons (Fsp3) is 0.500. The highest BCUT2D eigenvalue weighted by Gasteiger charge is 2.51. The van der Waals surface area contributed by atoms with E-state index >= 15 is 0 Å². The summed E-state index contributed by atoms with van der Waals surface area (Å²) in [4.78, 5) is 12.1. The molecule has 16 heteroatoms. The summed E-state index contributed by atoms with van der Waals surface area (Å²) in [5.74, 6) is -3.46. The van der Waals surface area contributed by atoms with E-state index in [9.17, 15) is 48.0 Å². The maximum absolute atomic E-state index is 12.4. The van der Waals surface area contributed by atoms with Crippen LogP contribution in [0, 0.1) is 0 Å². The number of hydrogen-bond donors (Lipinski definition) is 0. The van der Waals surface area contributed by atoms with Crippen LogP contribution in [-0.4, -0.2) is 32.4 Å². The van der Waals surface area contributed by atoms with Gasteiger partial charge in [0.05, 0.1) is 0 Å². The zero-order chi connectivity index (χ0) is 20.1. The number of fused-ring (bicyclic) bond motifs is 1. The number of nitrogens with zero attached hydrogens (tertiary/aromatic N) is 1. The molecule has 0 atom stereocenters. The standard InChI is InChI=1S/C10H7F6NO7S2/c11-9(12,13)25(19,20)23-6-4-5-2-1-3-17(5)8(18)7(6)24-26(21,22)10(14,15)16/h4H,1-3H2. The van der Waals surface area contributed by atoms with Crippen molar-refractivity contribution < 1.29 is 51.5 Å². The normalized spacial score (nSPS) is 15.6. The van der Waals surface area contributed by atoms with Crippen molar-refractivity contribution in [1.29, 1.82) is 0 Å². The van der Waals surface area contributed by atoms with E-state index in [1.54, 1.807) is 0 Å². The molecule has 0 fully saturated rings. The van der Waals surface area contributed by atoms with Gasteiger partial charge in [-0.05, 0) is 12.8 Å². The molecule has 1 aromatic heterocycles. The fourth-order valence-electron chi connectivity index (χ4n) is 1.98. The molecule has 0 N–H and O–H groups in total. The second-order valence-electron chi connectivity index (χ2n) is 4.86. The van der Waals surface area contributed by atoms with Crippen molar-refractivity contribution in [1.82, 2.24) is 4.57 Å². The molecule has 1 aliphatic rings. The Morgan fingerprint density at radius 1 is 0.923 bits per heavy atom. The molecule has 0 amide bonds. The zero-order valence-corrected chi connectivity index (χ0v) is 13.7. The Balaban J connectivity index is 2.65. The van der Waals surface area contributed by atoms with Gasteiger partial charge in [-0.2, -0.15) is 43.2 Å². The van der Waals surface area contributed by atoms with Gasteiger partial charge < -0.3 is 12.9 Å². The van der Waals surface area contributed by atoms with Crippen LogP contribution in [0.2, 0.25) is 0 Å². The maximum atomic E-state index is 12.4. The van der Waals surface area contributed by atoms with Gasteiger partial charge >= 0.3 is 31.3 Å². The van der Waals surface area contributed by atoms with E-state index in [0.29, 0.717) is 6.07 Å². The monoisotopic (exact) mass is 431 g/mol. The molecule has 0 bridgehead atoms. The van der Waals surface area contributed by atoms with Gasteiger partial charge in [0, 0.05) is 18.3 Å². The van der Waals surface area contributed by atoms with E-state index in [-0.39, 0.29) is 25.1 Å². The maximum Gasteiger partial charge on any atom is 0.534 e. The summed E-state index contributed by atoms with van der Waals surface area (Å²) in [6, 6.07) is 0.499. The Hall–Kier alpha value is -1.97. The van der Waals surface area contributed by atoms with E-state index in [1.165, 1.54) is 0 Å². The number of halogens is 6. The number of hydrogen-bond acceptors (Lipinski definition) is 7. The van der Waals surface area contributed by atoms with Crippen LogP contribution in [0.15, 0.2) is 10.9 Å². The first kappa shape index (κ1) is 20.3. The molecule has 0 spiro atoms. The molecular weight excluding hydrogens is 424 g/mol. The lowest BCUT2D eigenvalue weighted by molar-refractivity contribution is -0.0513. The second kappa shape index (κ2) is 6.04. The van der Waals surface area contributed by atoms with Crippen LogP contribution in [0.4, 0.5) is 26.3 Å². The summed E-state index contributed by atoms with van der Waals surface area (Å²) in [6.45, 7) is -0.0944. The van der Waals surface area contributed by atoms with Gasteiger partial charge in [-0.25, -0.2) is 0 Å². The van der Waals surface area contributed by atoms with Gasteiger partial charge in [0.15, 0.2) is 5.75 Å². The highest BCUT2D eigenvalue weighted by atomic mass is 32.2. The predicted octanol–water partition coefficient (Wildman–Crippen LogP) is 1.25. The first-order chi connectivity index (χ1) is 11.6. The molecule has 0 saturated carbocycles. The molecule has 0 aliphatic carbocycles. The van der Waals surface area contributed by atoms with E-state index < -0.39 is 48.3 Å². The van der Waals surface area contributed by atoms with Gasteiger partial charge in [0.2, 0.25) is 0 Å². The lowest BCUT2D eigenvalue weighted by Gasteiger charge is -2.16. The summed E-state index contributed by atoms with van der Waals surface area (Å²) in [6.07, 6.45) is 0.306. The first-order valence-electron chi connectivity index (χ1n) is 6.35. The van der Waals surface area contributed by atoms with Gasteiger partial charge in [-0.1, -0.05) is 0 Å². The van der Waals surface area contributed by atoms with E-state index in [0.717, 1.165) is 4.57 Å². The number of alkyl halides is 6. The Morgan fingerprint density at radius 2 is 1.42 bits per heavy atom. The molecule has 1 aliphatic heterocycles. The van der Waals surface area contributed by atoms with Gasteiger partial charge in [-0.15, -0.1) is 0 Å². The van der Waals surface area contributed by atoms with Crippen molar-refractivity contribution in [3.63, 3.8) is 0 Å². The second-order valence-corrected chi connectivity index (χ2v) is 7.93. The molecular formula is C10H7F6NO7S2. The van der Waals surface area contributed by atoms with Gasteiger partial charge in [0.1, 0.15) is 0 Å². The van der Waals surface area contributed by atoms with Crippen LogP contribution in [0.5, 0.6) is 11.5 Å². The van der Waals surface area contributed by atoms with E-state index in [4.69, 9.17) is 0 Å². The average Bonchev–Trinajstić information content (AvgIpc) is 2.88. The predicted molar refractivity (Wildman–Crippen MR) is 70.2 cm³/mol.